The van der Waals surface area contributed by atoms with Gasteiger partial charge in [-0.3, -0.25) is 9.78 Å². The summed E-state index contributed by atoms with van der Waals surface area (Å²) in [6.45, 7) is 1.89. The van der Waals surface area contributed by atoms with E-state index in [1.54, 1.807) is 11.1 Å². The number of aliphatic hydroxyl groups is 2. The minimum Gasteiger partial charge on any atom is -0.390 e. The molecule has 0 aliphatic carbocycles. The number of ether oxygens (including phenoxy) is 1. The summed E-state index contributed by atoms with van der Waals surface area (Å²) < 4.78 is 5.42. The van der Waals surface area contributed by atoms with Crippen LogP contribution < -0.4 is 0 Å². The van der Waals surface area contributed by atoms with Gasteiger partial charge in [-0.05, 0) is 31.4 Å². The van der Waals surface area contributed by atoms with Crippen LogP contribution in [-0.2, 0) is 16.0 Å². The fraction of sp³-hybridized carbons (Fsp3) is 0.684. The highest BCUT2D eigenvalue weighted by Crippen LogP contribution is 2.10. The van der Waals surface area contributed by atoms with E-state index in [1.807, 2.05) is 18.2 Å². The second kappa shape index (κ2) is 11.2. The molecule has 0 spiro atoms. The number of hydrogen-bond acceptors (Lipinski definition) is 5. The van der Waals surface area contributed by atoms with Crippen molar-refractivity contribution < 1.29 is 19.7 Å². The van der Waals surface area contributed by atoms with E-state index in [2.05, 4.69) is 4.98 Å². The van der Waals surface area contributed by atoms with Crippen LogP contribution in [0.25, 0.3) is 0 Å². The molecule has 2 heterocycles. The van der Waals surface area contributed by atoms with E-state index in [4.69, 9.17) is 4.74 Å². The van der Waals surface area contributed by atoms with Gasteiger partial charge in [-0.25, -0.2) is 0 Å². The van der Waals surface area contributed by atoms with E-state index in [9.17, 15) is 15.0 Å². The topological polar surface area (TPSA) is 82.9 Å². The van der Waals surface area contributed by atoms with Crippen LogP contribution in [-0.4, -0.2) is 64.5 Å². The second-order valence-corrected chi connectivity index (χ2v) is 6.64. The smallest absolute Gasteiger partial charge is 0.228 e. The van der Waals surface area contributed by atoms with E-state index in [0.717, 1.165) is 37.8 Å². The summed E-state index contributed by atoms with van der Waals surface area (Å²) in [6, 6.07) is 5.55. The van der Waals surface area contributed by atoms with Gasteiger partial charge in [-0.2, -0.15) is 0 Å². The quantitative estimate of drug-likeness (QED) is 0.845. The molecule has 25 heavy (non-hydrogen) atoms. The van der Waals surface area contributed by atoms with Gasteiger partial charge in [-0.1, -0.05) is 25.3 Å². The van der Waals surface area contributed by atoms with Gasteiger partial charge >= 0.3 is 0 Å². The summed E-state index contributed by atoms with van der Waals surface area (Å²) in [7, 11) is 0. The molecule has 1 aromatic heterocycles. The molecule has 1 aliphatic heterocycles. The van der Waals surface area contributed by atoms with E-state index in [-0.39, 0.29) is 18.9 Å². The van der Waals surface area contributed by atoms with E-state index < -0.39 is 12.2 Å². The normalized spacial score (nSPS) is 24.5. The summed E-state index contributed by atoms with van der Waals surface area (Å²) in [4.78, 5) is 18.6. The van der Waals surface area contributed by atoms with Crippen LogP contribution in [0.2, 0.25) is 0 Å². The third-order valence-electron chi connectivity index (χ3n) is 4.56. The Balaban J connectivity index is 1.93. The zero-order valence-electron chi connectivity index (χ0n) is 14.8. The van der Waals surface area contributed by atoms with E-state index in [0.29, 0.717) is 26.1 Å². The SMILES string of the molecule is O=C(Cc1ccccn1)N1CCCCCCCOC[C@@H](O)[C@@H](O)CC1. The molecule has 1 fully saturated rings. The first-order valence-corrected chi connectivity index (χ1v) is 9.28. The van der Waals surface area contributed by atoms with Crippen LogP contribution in [0.4, 0.5) is 0 Å². The highest BCUT2D eigenvalue weighted by molar-refractivity contribution is 5.78. The molecular formula is C19H30N2O4. The second-order valence-electron chi connectivity index (χ2n) is 6.64. The molecule has 1 aromatic rings. The maximum absolute atomic E-state index is 12.6. The van der Waals surface area contributed by atoms with E-state index >= 15 is 0 Å². The molecule has 0 radical (unpaired) electrons. The first kappa shape index (κ1) is 19.8. The van der Waals surface area contributed by atoms with Crippen molar-refractivity contribution in [3.05, 3.63) is 30.1 Å². The maximum Gasteiger partial charge on any atom is 0.228 e. The minimum atomic E-state index is -0.907. The van der Waals surface area contributed by atoms with Crippen LogP contribution >= 0.6 is 0 Å². The predicted molar refractivity (Wildman–Crippen MR) is 95.1 cm³/mol. The largest absolute Gasteiger partial charge is 0.390 e. The molecule has 1 amide bonds. The van der Waals surface area contributed by atoms with Gasteiger partial charge in [0, 0.05) is 31.6 Å². The Kier molecular flexibility index (Phi) is 8.86. The molecule has 1 saturated heterocycles. The van der Waals surface area contributed by atoms with Gasteiger partial charge in [0.05, 0.1) is 19.1 Å². The van der Waals surface area contributed by atoms with Crippen LogP contribution in [0, 0.1) is 0 Å². The molecular weight excluding hydrogens is 320 g/mol. The fourth-order valence-electron chi connectivity index (χ4n) is 2.96. The summed E-state index contributed by atoms with van der Waals surface area (Å²) in [5.41, 5.74) is 0.751. The number of carbonyl (C=O) groups excluding carboxylic acids is 1. The van der Waals surface area contributed by atoms with Crippen molar-refractivity contribution >= 4 is 5.91 Å². The number of pyridine rings is 1. The van der Waals surface area contributed by atoms with Gasteiger partial charge in [0.1, 0.15) is 6.10 Å². The van der Waals surface area contributed by atoms with Crippen molar-refractivity contribution in [3.63, 3.8) is 0 Å². The first-order chi connectivity index (χ1) is 12.2. The van der Waals surface area contributed by atoms with Crippen LogP contribution in [0.15, 0.2) is 24.4 Å². The van der Waals surface area contributed by atoms with Crippen molar-refractivity contribution in [2.75, 3.05) is 26.3 Å². The predicted octanol–water partition coefficient (Wildman–Crippen LogP) is 1.55. The lowest BCUT2D eigenvalue weighted by Gasteiger charge is -2.26. The van der Waals surface area contributed by atoms with Gasteiger partial charge in [0.15, 0.2) is 0 Å². The van der Waals surface area contributed by atoms with Gasteiger partial charge in [0.25, 0.3) is 0 Å². The Bertz CT molecular complexity index is 497. The average molecular weight is 350 g/mol. The standard InChI is InChI=1S/C19H30N2O4/c22-17-9-12-21(19(24)14-16-8-4-5-10-20-16)11-6-2-1-3-7-13-25-15-18(17)23/h4-5,8,10,17-18,22-23H,1-3,6-7,9,11-15H2/t17-,18+/m0/s1. The molecule has 0 saturated carbocycles. The molecule has 2 atom stereocenters. The summed E-state index contributed by atoms with van der Waals surface area (Å²) in [5.74, 6) is 0.0173. The van der Waals surface area contributed by atoms with E-state index in [1.165, 1.54) is 0 Å². The Morgan fingerprint density at radius 2 is 1.92 bits per heavy atom. The number of nitrogens with zero attached hydrogens (tertiary/aromatic N) is 2. The van der Waals surface area contributed by atoms with Crippen LogP contribution in [0.1, 0.15) is 44.2 Å². The Hall–Kier alpha value is -1.50. The Morgan fingerprint density at radius 1 is 1.12 bits per heavy atom. The fourth-order valence-corrected chi connectivity index (χ4v) is 2.96. The van der Waals surface area contributed by atoms with Crippen molar-refractivity contribution in [2.45, 2.75) is 57.2 Å². The number of aromatic nitrogens is 1. The lowest BCUT2D eigenvalue weighted by atomic mass is 10.1. The molecule has 6 nitrogen and oxygen atoms in total. The third-order valence-corrected chi connectivity index (χ3v) is 4.56. The van der Waals surface area contributed by atoms with Crippen molar-refractivity contribution in [3.8, 4) is 0 Å². The zero-order chi connectivity index (χ0) is 17.9. The highest BCUT2D eigenvalue weighted by Gasteiger charge is 2.20. The molecule has 6 heteroatoms. The Morgan fingerprint density at radius 3 is 2.72 bits per heavy atom. The zero-order valence-corrected chi connectivity index (χ0v) is 14.8. The van der Waals surface area contributed by atoms with Crippen molar-refractivity contribution in [1.82, 2.24) is 9.88 Å². The first-order valence-electron chi connectivity index (χ1n) is 9.28. The molecule has 1 aliphatic rings. The number of hydrogen-bond donors (Lipinski definition) is 2. The molecule has 0 unspecified atom stereocenters. The monoisotopic (exact) mass is 350 g/mol. The van der Waals surface area contributed by atoms with Crippen molar-refractivity contribution in [1.29, 1.82) is 0 Å². The molecule has 0 bridgehead atoms. The van der Waals surface area contributed by atoms with Crippen LogP contribution in [0.5, 0.6) is 0 Å². The molecule has 0 aromatic carbocycles. The maximum atomic E-state index is 12.6. The third kappa shape index (κ3) is 7.50. The summed E-state index contributed by atoms with van der Waals surface area (Å²) in [5, 5.41) is 20.1. The number of amides is 1. The molecule has 2 rings (SSSR count). The van der Waals surface area contributed by atoms with Gasteiger partial charge < -0.3 is 19.8 Å². The van der Waals surface area contributed by atoms with Crippen LogP contribution in [0.3, 0.4) is 0 Å². The van der Waals surface area contributed by atoms with Crippen molar-refractivity contribution in [2.24, 2.45) is 0 Å². The molecule has 140 valence electrons. The lowest BCUT2D eigenvalue weighted by Crippen LogP contribution is -2.39. The van der Waals surface area contributed by atoms with Gasteiger partial charge in [0.2, 0.25) is 5.91 Å². The number of aliphatic hydroxyl groups excluding tert-OH is 2. The lowest BCUT2D eigenvalue weighted by molar-refractivity contribution is -0.131. The Labute approximate surface area is 149 Å². The summed E-state index contributed by atoms with van der Waals surface area (Å²) >= 11 is 0. The minimum absolute atomic E-state index is 0.0173. The summed E-state index contributed by atoms with van der Waals surface area (Å²) in [6.07, 6.45) is 5.71. The average Bonchev–Trinajstić information content (AvgIpc) is 2.62. The number of rotatable bonds is 2. The van der Waals surface area contributed by atoms with Gasteiger partial charge in [-0.15, -0.1) is 0 Å². The molecule has 2 N–H and O–H groups in total. The number of carbonyl (C=O) groups is 1. The highest BCUT2D eigenvalue weighted by atomic mass is 16.5.